The van der Waals surface area contributed by atoms with E-state index in [9.17, 15) is 4.79 Å². The van der Waals surface area contributed by atoms with Gasteiger partial charge in [0.15, 0.2) is 11.5 Å². The van der Waals surface area contributed by atoms with Gasteiger partial charge in [0.2, 0.25) is 5.91 Å². The van der Waals surface area contributed by atoms with Crippen molar-refractivity contribution in [3.63, 3.8) is 0 Å². The zero-order valence-corrected chi connectivity index (χ0v) is 17.3. The summed E-state index contributed by atoms with van der Waals surface area (Å²) in [7, 11) is 1.59. The molecule has 1 amide bonds. The minimum atomic E-state index is 0.00157. The van der Waals surface area contributed by atoms with Crippen molar-refractivity contribution in [1.82, 2.24) is 4.90 Å². The van der Waals surface area contributed by atoms with E-state index < -0.39 is 0 Å². The summed E-state index contributed by atoms with van der Waals surface area (Å²) >= 11 is 6.08. The molecule has 1 heterocycles. The lowest BCUT2D eigenvalue weighted by Crippen LogP contribution is -2.48. The smallest absolute Gasteiger partial charge is 0.246 e. The second-order valence-electron chi connectivity index (χ2n) is 6.64. The number of amides is 1. The second-order valence-corrected chi connectivity index (χ2v) is 7.07. The van der Waals surface area contributed by atoms with Crippen LogP contribution in [0, 0.1) is 0 Å². The molecule has 1 fully saturated rings. The molecule has 0 unspecified atom stereocenters. The molecule has 2 aromatic carbocycles. The summed E-state index contributed by atoms with van der Waals surface area (Å²) in [4.78, 5) is 16.7. The van der Waals surface area contributed by atoms with Crippen LogP contribution >= 0.6 is 11.6 Å². The number of rotatable bonds is 7. The molecule has 1 saturated heterocycles. The Morgan fingerprint density at radius 2 is 1.93 bits per heavy atom. The molecule has 152 valence electrons. The number of halogens is 1. The monoisotopic (exact) mass is 412 g/mol. The molecule has 5 nitrogen and oxygen atoms in total. The average Bonchev–Trinajstić information content (AvgIpc) is 2.76. The number of benzene rings is 2. The largest absolute Gasteiger partial charge is 0.493 e. The van der Waals surface area contributed by atoms with Crippen molar-refractivity contribution in [3.8, 4) is 11.5 Å². The van der Waals surface area contributed by atoms with Crippen LogP contribution < -0.4 is 14.4 Å². The highest BCUT2D eigenvalue weighted by Crippen LogP contribution is 2.28. The first-order valence-electron chi connectivity index (χ1n) is 9.50. The first kappa shape index (κ1) is 20.8. The van der Waals surface area contributed by atoms with E-state index in [1.807, 2.05) is 47.4 Å². The van der Waals surface area contributed by atoms with Crippen LogP contribution in [0.5, 0.6) is 11.5 Å². The van der Waals surface area contributed by atoms with Gasteiger partial charge in [0.1, 0.15) is 6.61 Å². The van der Waals surface area contributed by atoms with E-state index in [0.29, 0.717) is 31.2 Å². The second kappa shape index (κ2) is 10.0. The Balaban J connectivity index is 1.58. The normalized spacial score (nSPS) is 14.1. The molecule has 0 aliphatic carbocycles. The van der Waals surface area contributed by atoms with Crippen molar-refractivity contribution in [2.24, 2.45) is 0 Å². The number of nitrogens with zero attached hydrogens (tertiary/aromatic N) is 2. The van der Waals surface area contributed by atoms with Crippen LogP contribution in [0.15, 0.2) is 61.2 Å². The molecule has 0 saturated carbocycles. The number of piperazine rings is 1. The van der Waals surface area contributed by atoms with Gasteiger partial charge in [0, 0.05) is 43.0 Å². The molecule has 0 radical (unpaired) electrons. The fourth-order valence-electron chi connectivity index (χ4n) is 3.19. The SMILES string of the molecule is C=CCOc1ccc(/C=C/C(=O)N2CCN(c3cccc(Cl)c3)CC2)cc1OC. The van der Waals surface area contributed by atoms with Crippen LogP contribution in [0.4, 0.5) is 5.69 Å². The molecular weight excluding hydrogens is 388 g/mol. The first-order valence-corrected chi connectivity index (χ1v) is 9.87. The Morgan fingerprint density at radius 1 is 1.14 bits per heavy atom. The maximum Gasteiger partial charge on any atom is 0.246 e. The van der Waals surface area contributed by atoms with Gasteiger partial charge >= 0.3 is 0 Å². The minimum absolute atomic E-state index is 0.00157. The van der Waals surface area contributed by atoms with E-state index in [2.05, 4.69) is 11.5 Å². The highest BCUT2D eigenvalue weighted by molar-refractivity contribution is 6.30. The minimum Gasteiger partial charge on any atom is -0.493 e. The number of anilines is 1. The number of methoxy groups -OCH3 is 1. The lowest BCUT2D eigenvalue weighted by Gasteiger charge is -2.35. The van der Waals surface area contributed by atoms with Crippen molar-refractivity contribution in [2.45, 2.75) is 0 Å². The predicted molar refractivity (Wildman–Crippen MR) is 118 cm³/mol. The van der Waals surface area contributed by atoms with Crippen LogP contribution in [0.3, 0.4) is 0 Å². The van der Waals surface area contributed by atoms with Gasteiger partial charge in [-0.3, -0.25) is 4.79 Å². The summed E-state index contributed by atoms with van der Waals surface area (Å²) in [6.07, 6.45) is 5.08. The van der Waals surface area contributed by atoms with Gasteiger partial charge in [-0.2, -0.15) is 0 Å². The molecule has 0 atom stereocenters. The molecule has 1 aliphatic heterocycles. The van der Waals surface area contributed by atoms with E-state index >= 15 is 0 Å². The Labute approximate surface area is 176 Å². The fourth-order valence-corrected chi connectivity index (χ4v) is 3.37. The van der Waals surface area contributed by atoms with Crippen LogP contribution in [0.1, 0.15) is 5.56 Å². The molecule has 0 N–H and O–H groups in total. The zero-order chi connectivity index (χ0) is 20.6. The Morgan fingerprint density at radius 3 is 2.62 bits per heavy atom. The van der Waals surface area contributed by atoms with Crippen molar-refractivity contribution in [2.75, 3.05) is 44.8 Å². The number of carbonyl (C=O) groups is 1. The van der Waals surface area contributed by atoms with Crippen LogP contribution in [-0.4, -0.2) is 50.7 Å². The van der Waals surface area contributed by atoms with Gasteiger partial charge in [-0.25, -0.2) is 0 Å². The molecule has 0 spiro atoms. The van der Waals surface area contributed by atoms with Gasteiger partial charge in [-0.05, 0) is 42.0 Å². The van der Waals surface area contributed by atoms with Gasteiger partial charge in [-0.1, -0.05) is 36.4 Å². The number of carbonyl (C=O) groups excluding carboxylic acids is 1. The zero-order valence-electron chi connectivity index (χ0n) is 16.5. The highest BCUT2D eigenvalue weighted by Gasteiger charge is 2.20. The van der Waals surface area contributed by atoms with E-state index in [0.717, 1.165) is 29.4 Å². The van der Waals surface area contributed by atoms with Gasteiger partial charge < -0.3 is 19.3 Å². The summed E-state index contributed by atoms with van der Waals surface area (Å²) < 4.78 is 10.9. The molecule has 0 aromatic heterocycles. The van der Waals surface area contributed by atoms with E-state index in [1.54, 1.807) is 25.3 Å². The third-order valence-electron chi connectivity index (χ3n) is 4.73. The summed E-state index contributed by atoms with van der Waals surface area (Å²) in [6, 6.07) is 13.4. The third-order valence-corrected chi connectivity index (χ3v) is 4.96. The molecule has 2 aromatic rings. The van der Waals surface area contributed by atoms with Crippen LogP contribution in [0.25, 0.3) is 6.08 Å². The fraction of sp³-hybridized carbons (Fsp3) is 0.261. The van der Waals surface area contributed by atoms with Crippen molar-refractivity contribution in [1.29, 1.82) is 0 Å². The summed E-state index contributed by atoms with van der Waals surface area (Å²) in [6.45, 7) is 6.96. The number of ether oxygens (including phenoxy) is 2. The summed E-state index contributed by atoms with van der Waals surface area (Å²) in [5.74, 6) is 1.27. The number of hydrogen-bond acceptors (Lipinski definition) is 4. The lowest BCUT2D eigenvalue weighted by atomic mass is 10.1. The maximum absolute atomic E-state index is 12.6. The van der Waals surface area contributed by atoms with Crippen molar-refractivity contribution in [3.05, 3.63) is 71.8 Å². The Bertz CT molecular complexity index is 889. The first-order chi connectivity index (χ1) is 14.1. The van der Waals surface area contributed by atoms with Crippen LogP contribution in [0.2, 0.25) is 5.02 Å². The van der Waals surface area contributed by atoms with Crippen molar-refractivity contribution < 1.29 is 14.3 Å². The molecular formula is C23H25ClN2O3. The molecule has 29 heavy (non-hydrogen) atoms. The van der Waals surface area contributed by atoms with Crippen molar-refractivity contribution >= 4 is 29.3 Å². The van der Waals surface area contributed by atoms with Gasteiger partial charge in [0.05, 0.1) is 7.11 Å². The summed E-state index contributed by atoms with van der Waals surface area (Å²) in [5, 5.41) is 0.722. The predicted octanol–water partition coefficient (Wildman–Crippen LogP) is 4.28. The average molecular weight is 413 g/mol. The lowest BCUT2D eigenvalue weighted by molar-refractivity contribution is -0.126. The highest BCUT2D eigenvalue weighted by atomic mass is 35.5. The molecule has 1 aliphatic rings. The maximum atomic E-state index is 12.6. The quantitative estimate of drug-likeness (QED) is 0.503. The topological polar surface area (TPSA) is 42.0 Å². The third kappa shape index (κ3) is 5.55. The van der Waals surface area contributed by atoms with E-state index in [4.69, 9.17) is 21.1 Å². The molecule has 3 rings (SSSR count). The molecule has 0 bridgehead atoms. The van der Waals surface area contributed by atoms with Gasteiger partial charge in [0.25, 0.3) is 0 Å². The Kier molecular flexibility index (Phi) is 7.19. The standard InChI is InChI=1S/C23H25ClN2O3/c1-3-15-29-21-9-7-18(16-22(21)28-2)8-10-23(27)26-13-11-25(12-14-26)20-6-4-5-19(24)17-20/h3-10,16-17H,1,11-15H2,2H3/b10-8+. The van der Waals surface area contributed by atoms with E-state index in [1.165, 1.54) is 0 Å². The summed E-state index contributed by atoms with van der Waals surface area (Å²) in [5.41, 5.74) is 1.96. The Hall–Kier alpha value is -2.92. The van der Waals surface area contributed by atoms with Crippen LogP contribution in [-0.2, 0) is 4.79 Å². The van der Waals surface area contributed by atoms with Gasteiger partial charge in [-0.15, -0.1) is 0 Å². The van der Waals surface area contributed by atoms with E-state index in [-0.39, 0.29) is 5.91 Å². The number of hydrogen-bond donors (Lipinski definition) is 0. The molecule has 6 heteroatoms.